The molecule has 0 aromatic carbocycles. The van der Waals surface area contributed by atoms with Crippen molar-refractivity contribution >= 4 is 23.2 Å². The van der Waals surface area contributed by atoms with Crippen LogP contribution < -0.4 is 10.6 Å². The lowest BCUT2D eigenvalue weighted by molar-refractivity contribution is 0.0951. The van der Waals surface area contributed by atoms with Crippen LogP contribution in [0.5, 0.6) is 0 Å². The van der Waals surface area contributed by atoms with Crippen LogP contribution in [0.25, 0.3) is 5.65 Å². The molecule has 0 radical (unpaired) electrons. The van der Waals surface area contributed by atoms with E-state index in [1.54, 1.807) is 16.8 Å². The minimum atomic E-state index is -0.177. The molecule has 118 valence electrons. The number of rotatable bonds is 4. The van der Waals surface area contributed by atoms with E-state index in [9.17, 15) is 4.79 Å². The Kier molecular flexibility index (Phi) is 3.92. The molecule has 3 aromatic heterocycles. The number of aromatic nitrogens is 4. The van der Waals surface area contributed by atoms with Crippen molar-refractivity contribution in [3.05, 3.63) is 47.4 Å². The maximum atomic E-state index is 11.8. The Morgan fingerprint density at radius 3 is 2.87 bits per heavy atom. The number of nitrogens with zero attached hydrogens (tertiary/aromatic N) is 4. The van der Waals surface area contributed by atoms with Crippen LogP contribution in [0.15, 0.2) is 30.6 Å². The number of aryl methyl sites for hydroxylation is 2. The highest BCUT2D eigenvalue weighted by atomic mass is 16.1. The van der Waals surface area contributed by atoms with E-state index in [1.165, 1.54) is 0 Å². The predicted octanol–water partition coefficient (Wildman–Crippen LogP) is 2.23. The van der Waals surface area contributed by atoms with Crippen molar-refractivity contribution in [2.75, 3.05) is 11.9 Å². The van der Waals surface area contributed by atoms with E-state index in [0.717, 1.165) is 22.5 Å². The van der Waals surface area contributed by atoms with E-state index in [1.807, 2.05) is 39.1 Å². The summed E-state index contributed by atoms with van der Waals surface area (Å²) in [4.78, 5) is 20.4. The van der Waals surface area contributed by atoms with Gasteiger partial charge in [-0.15, -0.1) is 5.10 Å². The van der Waals surface area contributed by atoms with Gasteiger partial charge in [0.25, 0.3) is 5.91 Å². The fraction of sp³-hybridized carbons (Fsp3) is 0.250. The normalized spacial score (nSPS) is 10.7. The number of pyridine rings is 2. The van der Waals surface area contributed by atoms with Gasteiger partial charge >= 0.3 is 0 Å². The largest absolute Gasteiger partial charge is 0.351 e. The van der Waals surface area contributed by atoms with Crippen LogP contribution in [0.1, 0.15) is 28.5 Å². The Morgan fingerprint density at radius 1 is 1.30 bits per heavy atom. The van der Waals surface area contributed by atoms with Crippen LogP contribution in [-0.4, -0.2) is 32.0 Å². The molecule has 0 aliphatic heterocycles. The van der Waals surface area contributed by atoms with Crippen molar-refractivity contribution in [1.82, 2.24) is 24.9 Å². The molecule has 3 rings (SSSR count). The summed E-state index contributed by atoms with van der Waals surface area (Å²) in [5.41, 5.74) is 3.94. The minimum absolute atomic E-state index is 0.177. The predicted molar refractivity (Wildman–Crippen MR) is 88.0 cm³/mol. The number of nitrogens with one attached hydrogen (secondary N) is 2. The van der Waals surface area contributed by atoms with Crippen molar-refractivity contribution in [2.45, 2.75) is 20.8 Å². The number of hydrogen-bond donors (Lipinski definition) is 2. The van der Waals surface area contributed by atoms with Gasteiger partial charge in [-0.2, -0.15) is 4.98 Å². The van der Waals surface area contributed by atoms with Crippen LogP contribution in [0.4, 0.5) is 11.6 Å². The smallest absolute Gasteiger partial charge is 0.269 e. The maximum Gasteiger partial charge on any atom is 0.269 e. The molecule has 7 heteroatoms. The Bertz CT molecular complexity index is 870. The molecule has 2 N–H and O–H groups in total. The van der Waals surface area contributed by atoms with E-state index >= 15 is 0 Å². The topological polar surface area (TPSA) is 84.2 Å². The summed E-state index contributed by atoms with van der Waals surface area (Å²) in [5, 5.41) is 10.3. The molecule has 0 atom stereocenters. The average Bonchev–Trinajstić information content (AvgIpc) is 2.91. The highest BCUT2D eigenvalue weighted by Gasteiger charge is 2.10. The summed E-state index contributed by atoms with van der Waals surface area (Å²) in [7, 11) is 0. The maximum absolute atomic E-state index is 11.8. The number of amides is 1. The molecule has 0 aliphatic rings. The van der Waals surface area contributed by atoms with Crippen molar-refractivity contribution in [2.24, 2.45) is 0 Å². The number of carbonyl (C=O) groups is 1. The second-order valence-electron chi connectivity index (χ2n) is 5.31. The fourth-order valence-corrected chi connectivity index (χ4v) is 2.22. The average molecular weight is 310 g/mol. The Balaban J connectivity index is 1.85. The van der Waals surface area contributed by atoms with Gasteiger partial charge < -0.3 is 10.6 Å². The van der Waals surface area contributed by atoms with Gasteiger partial charge in [-0.05, 0) is 44.0 Å². The van der Waals surface area contributed by atoms with Crippen LogP contribution >= 0.6 is 0 Å². The molecule has 0 fully saturated rings. The molecule has 0 spiro atoms. The second-order valence-corrected chi connectivity index (χ2v) is 5.31. The first-order valence-electron chi connectivity index (χ1n) is 7.41. The third-order valence-corrected chi connectivity index (χ3v) is 3.41. The lowest BCUT2D eigenvalue weighted by atomic mass is 10.2. The van der Waals surface area contributed by atoms with E-state index < -0.39 is 0 Å². The standard InChI is InChI=1S/C16H18N6O/c1-4-17-15(23)12-7-11(3)13(8-18-12)19-16-20-14-6-5-10(2)9-22(14)21-16/h5-9H,4H2,1-3H3,(H,17,23)(H,19,21). The van der Waals surface area contributed by atoms with Gasteiger partial charge in [0, 0.05) is 12.7 Å². The molecule has 23 heavy (non-hydrogen) atoms. The van der Waals surface area contributed by atoms with E-state index in [0.29, 0.717) is 18.2 Å². The monoisotopic (exact) mass is 310 g/mol. The Labute approximate surface area is 133 Å². The van der Waals surface area contributed by atoms with E-state index in [-0.39, 0.29) is 5.91 Å². The van der Waals surface area contributed by atoms with Gasteiger partial charge in [0.15, 0.2) is 5.65 Å². The Morgan fingerprint density at radius 2 is 2.13 bits per heavy atom. The number of fused-ring (bicyclic) bond motifs is 1. The first kappa shape index (κ1) is 15.0. The van der Waals surface area contributed by atoms with Crippen LogP contribution in [-0.2, 0) is 0 Å². The van der Waals surface area contributed by atoms with Gasteiger partial charge in [-0.1, -0.05) is 6.07 Å². The molecule has 0 bridgehead atoms. The summed E-state index contributed by atoms with van der Waals surface area (Å²) < 4.78 is 1.73. The lowest BCUT2D eigenvalue weighted by Crippen LogP contribution is -2.23. The van der Waals surface area contributed by atoms with Gasteiger partial charge in [-0.3, -0.25) is 4.79 Å². The van der Waals surface area contributed by atoms with Crippen LogP contribution in [0.3, 0.4) is 0 Å². The molecule has 3 heterocycles. The van der Waals surface area contributed by atoms with Crippen LogP contribution in [0, 0.1) is 13.8 Å². The summed E-state index contributed by atoms with van der Waals surface area (Å²) in [6.45, 7) is 6.36. The second kappa shape index (κ2) is 6.04. The first-order valence-corrected chi connectivity index (χ1v) is 7.41. The fourth-order valence-electron chi connectivity index (χ4n) is 2.22. The minimum Gasteiger partial charge on any atom is -0.351 e. The van der Waals surface area contributed by atoms with Crippen molar-refractivity contribution in [3.63, 3.8) is 0 Å². The molecule has 1 amide bonds. The van der Waals surface area contributed by atoms with E-state index in [4.69, 9.17) is 0 Å². The quantitative estimate of drug-likeness (QED) is 0.772. The Hall–Kier alpha value is -2.96. The number of carbonyl (C=O) groups excluding carboxylic acids is 1. The summed E-state index contributed by atoms with van der Waals surface area (Å²) in [5.74, 6) is 0.315. The highest BCUT2D eigenvalue weighted by molar-refractivity contribution is 5.92. The molecule has 0 aliphatic carbocycles. The molecule has 7 nitrogen and oxygen atoms in total. The molecular formula is C16H18N6O. The zero-order valence-corrected chi connectivity index (χ0v) is 13.3. The highest BCUT2D eigenvalue weighted by Crippen LogP contribution is 2.18. The summed E-state index contributed by atoms with van der Waals surface area (Å²) in [6, 6.07) is 5.64. The van der Waals surface area contributed by atoms with Crippen molar-refractivity contribution in [1.29, 1.82) is 0 Å². The molecular weight excluding hydrogens is 292 g/mol. The third-order valence-electron chi connectivity index (χ3n) is 3.41. The number of hydrogen-bond acceptors (Lipinski definition) is 5. The zero-order chi connectivity index (χ0) is 16.4. The van der Waals surface area contributed by atoms with Gasteiger partial charge in [0.2, 0.25) is 5.95 Å². The van der Waals surface area contributed by atoms with Gasteiger partial charge in [-0.25, -0.2) is 9.50 Å². The van der Waals surface area contributed by atoms with Crippen LogP contribution in [0.2, 0.25) is 0 Å². The molecule has 3 aromatic rings. The van der Waals surface area contributed by atoms with Gasteiger partial charge in [0.05, 0.1) is 11.9 Å². The van der Waals surface area contributed by atoms with Crippen molar-refractivity contribution < 1.29 is 4.79 Å². The lowest BCUT2D eigenvalue weighted by Gasteiger charge is -2.07. The summed E-state index contributed by atoms with van der Waals surface area (Å²) in [6.07, 6.45) is 3.54. The zero-order valence-electron chi connectivity index (χ0n) is 13.3. The summed E-state index contributed by atoms with van der Waals surface area (Å²) >= 11 is 0. The molecule has 0 saturated heterocycles. The SMILES string of the molecule is CCNC(=O)c1cc(C)c(Nc2nc3ccc(C)cn3n2)cn1. The number of anilines is 2. The third kappa shape index (κ3) is 3.13. The molecule has 0 unspecified atom stereocenters. The van der Waals surface area contributed by atoms with E-state index in [2.05, 4.69) is 25.7 Å². The first-order chi connectivity index (χ1) is 11.1. The molecule has 0 saturated carbocycles. The van der Waals surface area contributed by atoms with Crippen molar-refractivity contribution in [3.8, 4) is 0 Å². The van der Waals surface area contributed by atoms with Gasteiger partial charge in [0.1, 0.15) is 5.69 Å².